The van der Waals surface area contributed by atoms with Gasteiger partial charge < -0.3 is 19.8 Å². The van der Waals surface area contributed by atoms with Gasteiger partial charge in [0.05, 0.1) is 26.1 Å². The van der Waals surface area contributed by atoms with E-state index in [1.54, 1.807) is 20.4 Å². The van der Waals surface area contributed by atoms with Gasteiger partial charge in [-0.3, -0.25) is 0 Å². The summed E-state index contributed by atoms with van der Waals surface area (Å²) in [4.78, 5) is 7.32. The molecule has 0 amide bonds. The maximum atomic E-state index is 5.34. The van der Waals surface area contributed by atoms with Crippen LogP contribution in [0.2, 0.25) is 0 Å². The van der Waals surface area contributed by atoms with Crippen molar-refractivity contribution >= 4 is 5.95 Å². The van der Waals surface area contributed by atoms with Crippen molar-refractivity contribution in [3.63, 3.8) is 0 Å². The van der Waals surface area contributed by atoms with Gasteiger partial charge in [-0.05, 0) is 12.1 Å². The Hall–Kier alpha value is -2.17. The third-order valence-electron chi connectivity index (χ3n) is 2.51. The molecule has 1 aromatic carbocycles. The molecule has 0 aliphatic carbocycles. The summed E-state index contributed by atoms with van der Waals surface area (Å²) in [6, 6.07) is 5.66. The van der Waals surface area contributed by atoms with Crippen molar-refractivity contribution in [2.75, 3.05) is 26.6 Å². The van der Waals surface area contributed by atoms with E-state index in [9.17, 15) is 0 Å². The van der Waals surface area contributed by atoms with Crippen LogP contribution in [0.25, 0.3) is 11.3 Å². The number of ether oxygens (including phenoxy) is 2. The van der Waals surface area contributed by atoms with Crippen molar-refractivity contribution in [3.05, 3.63) is 24.4 Å². The van der Waals surface area contributed by atoms with E-state index in [-0.39, 0.29) is 0 Å². The Kier molecular flexibility index (Phi) is 3.18. The van der Waals surface area contributed by atoms with Crippen LogP contribution in [0, 0.1) is 0 Å². The number of benzene rings is 1. The van der Waals surface area contributed by atoms with Gasteiger partial charge in [-0.1, -0.05) is 0 Å². The summed E-state index contributed by atoms with van der Waals surface area (Å²) in [6.45, 7) is 0. The van der Waals surface area contributed by atoms with Gasteiger partial charge in [-0.25, -0.2) is 4.98 Å². The van der Waals surface area contributed by atoms with Crippen LogP contribution in [-0.4, -0.2) is 31.2 Å². The molecule has 5 heteroatoms. The first kappa shape index (κ1) is 11.3. The van der Waals surface area contributed by atoms with Crippen LogP contribution in [0.4, 0.5) is 5.95 Å². The van der Waals surface area contributed by atoms with Crippen molar-refractivity contribution in [1.82, 2.24) is 9.97 Å². The molecule has 0 radical (unpaired) electrons. The molecule has 0 fully saturated rings. The smallest absolute Gasteiger partial charge is 0.200 e. The standard InChI is InChI=1S/C12H15N3O2/c1-13-12-14-7-10(15-12)9-5-4-8(16-2)6-11(9)17-3/h4-7H,1-3H3,(H2,13,14,15). The fraction of sp³-hybridized carbons (Fsp3) is 0.250. The molecule has 0 aliphatic heterocycles. The Morgan fingerprint density at radius 3 is 2.65 bits per heavy atom. The van der Waals surface area contributed by atoms with E-state index < -0.39 is 0 Å². The zero-order valence-electron chi connectivity index (χ0n) is 10.1. The van der Waals surface area contributed by atoms with Gasteiger partial charge in [0.1, 0.15) is 11.5 Å². The first-order valence-electron chi connectivity index (χ1n) is 5.23. The van der Waals surface area contributed by atoms with Crippen LogP contribution in [0.5, 0.6) is 11.5 Å². The summed E-state index contributed by atoms with van der Waals surface area (Å²) in [5.74, 6) is 2.23. The molecule has 17 heavy (non-hydrogen) atoms. The molecule has 5 nitrogen and oxygen atoms in total. The van der Waals surface area contributed by atoms with Crippen molar-refractivity contribution in [3.8, 4) is 22.8 Å². The number of methoxy groups -OCH3 is 2. The molecule has 90 valence electrons. The van der Waals surface area contributed by atoms with E-state index in [0.29, 0.717) is 0 Å². The van der Waals surface area contributed by atoms with E-state index >= 15 is 0 Å². The van der Waals surface area contributed by atoms with Crippen LogP contribution in [0.1, 0.15) is 0 Å². The molecule has 0 bridgehead atoms. The summed E-state index contributed by atoms with van der Waals surface area (Å²) >= 11 is 0. The van der Waals surface area contributed by atoms with E-state index in [1.165, 1.54) is 0 Å². The summed E-state index contributed by atoms with van der Waals surface area (Å²) < 4.78 is 10.5. The molecule has 0 saturated heterocycles. The van der Waals surface area contributed by atoms with Crippen molar-refractivity contribution < 1.29 is 9.47 Å². The summed E-state index contributed by atoms with van der Waals surface area (Å²) in [5.41, 5.74) is 1.84. The van der Waals surface area contributed by atoms with E-state index in [1.807, 2.05) is 25.2 Å². The van der Waals surface area contributed by atoms with Crippen LogP contribution in [0.15, 0.2) is 24.4 Å². The summed E-state index contributed by atoms with van der Waals surface area (Å²) in [7, 11) is 5.07. The highest BCUT2D eigenvalue weighted by Gasteiger charge is 2.09. The molecule has 2 N–H and O–H groups in total. The maximum absolute atomic E-state index is 5.34. The van der Waals surface area contributed by atoms with Crippen LogP contribution < -0.4 is 14.8 Å². The van der Waals surface area contributed by atoms with Gasteiger partial charge in [0, 0.05) is 18.7 Å². The molecule has 0 atom stereocenters. The lowest BCUT2D eigenvalue weighted by atomic mass is 10.1. The lowest BCUT2D eigenvalue weighted by molar-refractivity contribution is 0.395. The van der Waals surface area contributed by atoms with Gasteiger partial charge in [0.2, 0.25) is 0 Å². The highest BCUT2D eigenvalue weighted by Crippen LogP contribution is 2.32. The van der Waals surface area contributed by atoms with E-state index in [4.69, 9.17) is 9.47 Å². The second kappa shape index (κ2) is 4.78. The number of nitrogens with zero attached hydrogens (tertiary/aromatic N) is 1. The number of aromatic amines is 1. The first-order chi connectivity index (χ1) is 8.28. The van der Waals surface area contributed by atoms with Crippen molar-refractivity contribution in [1.29, 1.82) is 0 Å². The molecule has 1 aromatic heterocycles. The highest BCUT2D eigenvalue weighted by atomic mass is 16.5. The molecule has 2 rings (SSSR count). The van der Waals surface area contributed by atoms with Crippen molar-refractivity contribution in [2.24, 2.45) is 0 Å². The first-order valence-corrected chi connectivity index (χ1v) is 5.23. The summed E-state index contributed by atoms with van der Waals surface area (Å²) in [6.07, 6.45) is 1.76. The Morgan fingerprint density at radius 2 is 2.06 bits per heavy atom. The molecule has 1 heterocycles. The second-order valence-electron chi connectivity index (χ2n) is 3.46. The van der Waals surface area contributed by atoms with Crippen LogP contribution in [-0.2, 0) is 0 Å². The number of hydrogen-bond donors (Lipinski definition) is 2. The summed E-state index contributed by atoms with van der Waals surface area (Å²) in [5, 5.41) is 2.94. The molecule has 0 unspecified atom stereocenters. The predicted octanol–water partition coefficient (Wildman–Crippen LogP) is 2.14. The number of H-pyrrole nitrogens is 1. The zero-order valence-corrected chi connectivity index (χ0v) is 10.1. The normalized spacial score (nSPS) is 10.1. The maximum Gasteiger partial charge on any atom is 0.200 e. The molecular formula is C12H15N3O2. The topological polar surface area (TPSA) is 59.2 Å². The minimum Gasteiger partial charge on any atom is -0.497 e. The average molecular weight is 233 g/mol. The third-order valence-corrected chi connectivity index (χ3v) is 2.51. The molecular weight excluding hydrogens is 218 g/mol. The predicted molar refractivity (Wildman–Crippen MR) is 66.7 cm³/mol. The Balaban J connectivity index is 2.43. The fourth-order valence-corrected chi connectivity index (χ4v) is 1.61. The van der Waals surface area contributed by atoms with Gasteiger partial charge >= 0.3 is 0 Å². The number of hydrogen-bond acceptors (Lipinski definition) is 4. The van der Waals surface area contributed by atoms with E-state index in [2.05, 4.69) is 15.3 Å². The van der Waals surface area contributed by atoms with Gasteiger partial charge in [-0.15, -0.1) is 0 Å². The molecule has 2 aromatic rings. The van der Waals surface area contributed by atoms with E-state index in [0.717, 1.165) is 28.7 Å². The van der Waals surface area contributed by atoms with Crippen LogP contribution >= 0.6 is 0 Å². The fourth-order valence-electron chi connectivity index (χ4n) is 1.61. The number of rotatable bonds is 4. The number of anilines is 1. The number of nitrogens with one attached hydrogen (secondary N) is 2. The minimum atomic E-state index is 0.720. The number of imidazole rings is 1. The minimum absolute atomic E-state index is 0.720. The molecule has 0 aliphatic rings. The molecule has 0 spiro atoms. The van der Waals surface area contributed by atoms with Gasteiger partial charge in [0.15, 0.2) is 5.95 Å². The van der Waals surface area contributed by atoms with Gasteiger partial charge in [0.25, 0.3) is 0 Å². The lowest BCUT2D eigenvalue weighted by Crippen LogP contribution is -1.91. The third kappa shape index (κ3) is 2.18. The Bertz CT molecular complexity index is 508. The number of aromatic nitrogens is 2. The quantitative estimate of drug-likeness (QED) is 0.849. The van der Waals surface area contributed by atoms with Crippen LogP contribution in [0.3, 0.4) is 0 Å². The largest absolute Gasteiger partial charge is 0.497 e. The molecule has 0 saturated carbocycles. The highest BCUT2D eigenvalue weighted by molar-refractivity contribution is 5.69. The average Bonchev–Trinajstić information content (AvgIpc) is 2.86. The zero-order chi connectivity index (χ0) is 12.3. The lowest BCUT2D eigenvalue weighted by Gasteiger charge is -2.08. The van der Waals surface area contributed by atoms with Gasteiger partial charge in [-0.2, -0.15) is 0 Å². The van der Waals surface area contributed by atoms with Crippen molar-refractivity contribution in [2.45, 2.75) is 0 Å². The Morgan fingerprint density at radius 1 is 1.24 bits per heavy atom. The Labute approximate surface area is 99.8 Å². The SMILES string of the molecule is CNc1ncc(-c2ccc(OC)cc2OC)[nH]1. The second-order valence-corrected chi connectivity index (χ2v) is 3.46. The monoisotopic (exact) mass is 233 g/mol.